The summed E-state index contributed by atoms with van der Waals surface area (Å²) < 4.78 is 1.65. The molecule has 1 aliphatic rings. The van der Waals surface area contributed by atoms with Gasteiger partial charge in [0.15, 0.2) is 0 Å². The molecule has 0 bridgehead atoms. The lowest BCUT2D eigenvalue weighted by Gasteiger charge is -2.08. The van der Waals surface area contributed by atoms with Gasteiger partial charge in [0.1, 0.15) is 0 Å². The van der Waals surface area contributed by atoms with Gasteiger partial charge in [0.25, 0.3) is 0 Å². The lowest BCUT2D eigenvalue weighted by molar-refractivity contribution is -0.390. The number of aryl methyl sites for hydroxylation is 1. The fraction of sp³-hybridized carbons (Fsp3) is 0.625. The van der Waals surface area contributed by atoms with Gasteiger partial charge in [-0.05, 0) is 30.6 Å². The third kappa shape index (κ3) is 1.20. The van der Waals surface area contributed by atoms with Crippen LogP contribution in [-0.2, 0) is 19.9 Å². The summed E-state index contributed by atoms with van der Waals surface area (Å²) >= 11 is 0. The molecule has 2 rings (SSSR count). The maximum absolute atomic E-state index is 10.6. The molecule has 0 aromatic carbocycles. The molecule has 70 valence electrons. The zero-order valence-electron chi connectivity index (χ0n) is 7.49. The van der Waals surface area contributed by atoms with Crippen LogP contribution in [0.1, 0.15) is 24.1 Å². The van der Waals surface area contributed by atoms with Crippen LogP contribution < -0.4 is 0 Å². The molecule has 0 unspecified atom stereocenters. The summed E-state index contributed by atoms with van der Waals surface area (Å²) in [5.41, 5.74) is 1.89. The van der Waals surface area contributed by atoms with Gasteiger partial charge in [0.05, 0.1) is 23.4 Å². The summed E-state index contributed by atoms with van der Waals surface area (Å²) in [6, 6.07) is 0. The minimum atomic E-state index is -0.385. The molecule has 5 heteroatoms. The minimum Gasteiger partial charge on any atom is -0.358 e. The molecule has 0 radical (unpaired) electrons. The Balaban J connectivity index is 2.53. The normalized spacial score (nSPS) is 15.5. The highest BCUT2D eigenvalue weighted by atomic mass is 16.6. The van der Waals surface area contributed by atoms with E-state index in [0.29, 0.717) is 0 Å². The summed E-state index contributed by atoms with van der Waals surface area (Å²) in [5.74, 6) is 0.0530. The van der Waals surface area contributed by atoms with Crippen molar-refractivity contribution in [3.05, 3.63) is 21.4 Å². The molecule has 1 aliphatic carbocycles. The van der Waals surface area contributed by atoms with Crippen LogP contribution in [0.25, 0.3) is 0 Å². The van der Waals surface area contributed by atoms with Gasteiger partial charge in [-0.1, -0.05) is 0 Å². The van der Waals surface area contributed by atoms with Crippen LogP contribution in [-0.4, -0.2) is 14.7 Å². The van der Waals surface area contributed by atoms with E-state index in [1.807, 2.05) is 0 Å². The fourth-order valence-electron chi connectivity index (χ4n) is 1.90. The van der Waals surface area contributed by atoms with E-state index in [0.717, 1.165) is 36.9 Å². The van der Waals surface area contributed by atoms with Crippen molar-refractivity contribution in [1.82, 2.24) is 9.78 Å². The highest BCUT2D eigenvalue weighted by molar-refractivity contribution is 5.38. The maximum atomic E-state index is 10.6. The monoisotopic (exact) mass is 181 g/mol. The first-order chi connectivity index (χ1) is 6.20. The molecule has 0 amide bonds. The van der Waals surface area contributed by atoms with Crippen molar-refractivity contribution >= 4 is 5.82 Å². The first-order valence-corrected chi connectivity index (χ1v) is 4.39. The van der Waals surface area contributed by atoms with Gasteiger partial charge >= 0.3 is 5.82 Å². The molecule has 0 atom stereocenters. The largest absolute Gasteiger partial charge is 0.393 e. The first-order valence-electron chi connectivity index (χ1n) is 4.39. The van der Waals surface area contributed by atoms with Crippen LogP contribution in [0.15, 0.2) is 0 Å². The van der Waals surface area contributed by atoms with Gasteiger partial charge in [-0.3, -0.25) is 0 Å². The third-order valence-corrected chi connectivity index (χ3v) is 2.52. The lowest BCUT2D eigenvalue weighted by atomic mass is 9.97. The summed E-state index contributed by atoms with van der Waals surface area (Å²) in [4.78, 5) is 10.2. The number of nitro groups is 1. The average molecular weight is 181 g/mol. The fourth-order valence-corrected chi connectivity index (χ4v) is 1.90. The minimum absolute atomic E-state index is 0.0530. The van der Waals surface area contributed by atoms with Crippen LogP contribution in [0.2, 0.25) is 0 Å². The lowest BCUT2D eigenvalue weighted by Crippen LogP contribution is -2.05. The Bertz CT molecular complexity index is 357. The highest BCUT2D eigenvalue weighted by Gasteiger charge is 2.27. The Hall–Kier alpha value is -1.39. The number of rotatable bonds is 1. The van der Waals surface area contributed by atoms with E-state index in [2.05, 4.69) is 5.10 Å². The average Bonchev–Trinajstić information content (AvgIpc) is 2.45. The number of hydrogen-bond acceptors (Lipinski definition) is 3. The van der Waals surface area contributed by atoms with Crippen LogP contribution in [0.4, 0.5) is 5.82 Å². The quantitative estimate of drug-likeness (QED) is 0.483. The Labute approximate surface area is 75.5 Å². The second-order valence-electron chi connectivity index (χ2n) is 3.34. The third-order valence-electron chi connectivity index (χ3n) is 2.52. The van der Waals surface area contributed by atoms with Crippen molar-refractivity contribution in [3.63, 3.8) is 0 Å². The van der Waals surface area contributed by atoms with Gasteiger partial charge in [0.2, 0.25) is 0 Å². The molecule has 1 heterocycles. The molecule has 1 aromatic heterocycles. The smallest absolute Gasteiger partial charge is 0.358 e. The number of hydrogen-bond donors (Lipinski definition) is 0. The van der Waals surface area contributed by atoms with Crippen molar-refractivity contribution in [2.75, 3.05) is 0 Å². The molecule has 5 nitrogen and oxygen atoms in total. The van der Waals surface area contributed by atoms with Crippen molar-refractivity contribution in [2.45, 2.75) is 25.7 Å². The van der Waals surface area contributed by atoms with Crippen molar-refractivity contribution in [2.24, 2.45) is 7.05 Å². The molecule has 1 aromatic rings. The van der Waals surface area contributed by atoms with Crippen LogP contribution >= 0.6 is 0 Å². The van der Waals surface area contributed by atoms with E-state index >= 15 is 0 Å². The van der Waals surface area contributed by atoms with Gasteiger partial charge < -0.3 is 10.1 Å². The van der Waals surface area contributed by atoms with Crippen molar-refractivity contribution in [3.8, 4) is 0 Å². The Morgan fingerprint density at radius 3 is 2.85 bits per heavy atom. The summed E-state index contributed by atoms with van der Waals surface area (Å²) in [7, 11) is 1.77. The van der Waals surface area contributed by atoms with Gasteiger partial charge in [-0.2, -0.15) is 4.68 Å². The van der Waals surface area contributed by atoms with Crippen LogP contribution in [0, 0.1) is 10.1 Å². The standard InChI is InChI=1S/C8H11N3O2/c1-10-7-5-3-2-4-6(7)8(9-10)11(12)13/h2-5H2,1H3. The Kier molecular flexibility index (Phi) is 1.79. The Morgan fingerprint density at radius 2 is 2.15 bits per heavy atom. The van der Waals surface area contributed by atoms with E-state index < -0.39 is 0 Å². The second kappa shape index (κ2) is 2.83. The van der Waals surface area contributed by atoms with E-state index in [4.69, 9.17) is 0 Å². The molecular weight excluding hydrogens is 170 g/mol. The SMILES string of the molecule is Cn1nc([N+](=O)[O-])c2c1CCCC2. The van der Waals surface area contributed by atoms with Crippen molar-refractivity contribution < 1.29 is 4.92 Å². The van der Waals surface area contributed by atoms with E-state index in [1.54, 1.807) is 11.7 Å². The number of nitrogens with zero attached hydrogens (tertiary/aromatic N) is 3. The van der Waals surface area contributed by atoms with Crippen LogP contribution in [0.3, 0.4) is 0 Å². The molecule has 0 N–H and O–H groups in total. The maximum Gasteiger partial charge on any atom is 0.393 e. The molecular formula is C8H11N3O2. The predicted molar refractivity (Wildman–Crippen MR) is 46.5 cm³/mol. The molecule has 13 heavy (non-hydrogen) atoms. The molecule has 0 spiro atoms. The van der Waals surface area contributed by atoms with Crippen LogP contribution in [0.5, 0.6) is 0 Å². The summed E-state index contributed by atoms with van der Waals surface area (Å²) in [5, 5.41) is 14.5. The van der Waals surface area contributed by atoms with E-state index in [-0.39, 0.29) is 10.7 Å². The summed E-state index contributed by atoms with van der Waals surface area (Å²) in [6.45, 7) is 0. The molecule has 0 aliphatic heterocycles. The first kappa shape index (κ1) is 8.22. The van der Waals surface area contributed by atoms with Gasteiger partial charge in [-0.25, -0.2) is 0 Å². The molecule has 0 saturated carbocycles. The molecule has 0 saturated heterocycles. The summed E-state index contributed by atoms with van der Waals surface area (Å²) in [6.07, 6.45) is 3.88. The van der Waals surface area contributed by atoms with Gasteiger partial charge in [0, 0.05) is 0 Å². The van der Waals surface area contributed by atoms with E-state index in [1.165, 1.54) is 0 Å². The van der Waals surface area contributed by atoms with E-state index in [9.17, 15) is 10.1 Å². The predicted octanol–water partition coefficient (Wildman–Crippen LogP) is 1.21. The molecule has 0 fully saturated rings. The Morgan fingerprint density at radius 1 is 1.46 bits per heavy atom. The zero-order valence-corrected chi connectivity index (χ0v) is 7.49. The number of aromatic nitrogens is 2. The van der Waals surface area contributed by atoms with Crippen molar-refractivity contribution in [1.29, 1.82) is 0 Å². The zero-order chi connectivity index (χ0) is 9.42. The topological polar surface area (TPSA) is 61.0 Å². The van der Waals surface area contributed by atoms with Gasteiger partial charge in [-0.15, -0.1) is 0 Å². The number of fused-ring (bicyclic) bond motifs is 1. The second-order valence-corrected chi connectivity index (χ2v) is 3.34. The highest BCUT2D eigenvalue weighted by Crippen LogP contribution is 2.27.